The van der Waals surface area contributed by atoms with E-state index in [1.807, 2.05) is 84.9 Å². The fourth-order valence-electron chi connectivity index (χ4n) is 8.38. The Labute approximate surface area is 440 Å². The van der Waals surface area contributed by atoms with Gasteiger partial charge in [0.25, 0.3) is 5.91 Å². The van der Waals surface area contributed by atoms with Gasteiger partial charge in [0.1, 0.15) is 37.1 Å². The van der Waals surface area contributed by atoms with Crippen molar-refractivity contribution in [2.75, 3.05) is 52.5 Å². The van der Waals surface area contributed by atoms with Crippen molar-refractivity contribution in [2.45, 2.75) is 90.2 Å². The molecular formula is C55H66N8O13. The van der Waals surface area contributed by atoms with Crippen molar-refractivity contribution in [3.63, 3.8) is 0 Å². The minimum Gasteiger partial charge on any atom is -0.447 e. The third kappa shape index (κ3) is 16.4. The van der Waals surface area contributed by atoms with Gasteiger partial charge in [0, 0.05) is 75.9 Å². The van der Waals surface area contributed by atoms with Crippen molar-refractivity contribution in [2.24, 2.45) is 5.73 Å². The van der Waals surface area contributed by atoms with E-state index >= 15 is 0 Å². The maximum atomic E-state index is 13.6. The number of hydrogen-bond acceptors (Lipinski definition) is 13. The molecule has 4 aromatic carbocycles. The van der Waals surface area contributed by atoms with Gasteiger partial charge in [-0.2, -0.15) is 0 Å². The van der Waals surface area contributed by atoms with Crippen LogP contribution >= 0.6 is 0 Å². The Balaban J connectivity index is 0.834. The number of nitrogens with two attached hydrogens (primary N) is 1. The second-order valence-corrected chi connectivity index (χ2v) is 19.2. The van der Waals surface area contributed by atoms with Crippen LogP contribution < -0.4 is 27.0 Å². The molecule has 6 N–H and O–H groups in total. The topological polar surface area (TPSA) is 260 Å². The van der Waals surface area contributed by atoms with Crippen molar-refractivity contribution in [3.8, 4) is 0 Å². The number of urea groups is 1. The third-order valence-electron chi connectivity index (χ3n) is 12.4. The molecule has 3 atom stereocenters. The van der Waals surface area contributed by atoms with Gasteiger partial charge >= 0.3 is 30.4 Å². The molecular weight excluding hydrogens is 981 g/mol. The normalized spacial score (nSPS) is 16.5. The number of nitrogens with zero attached hydrogens (tertiary/aromatic N) is 3. The van der Waals surface area contributed by atoms with E-state index in [9.17, 15) is 33.6 Å². The van der Waals surface area contributed by atoms with Crippen LogP contribution in [0.3, 0.4) is 0 Å². The molecule has 1 aromatic heterocycles. The molecule has 0 bridgehead atoms. The molecule has 0 unspecified atom stereocenters. The van der Waals surface area contributed by atoms with E-state index < -0.39 is 60.1 Å². The lowest BCUT2D eigenvalue weighted by Crippen LogP contribution is -2.55. The first-order chi connectivity index (χ1) is 36.6. The number of primary amides is 1. The molecule has 2 aliphatic heterocycles. The highest BCUT2D eigenvalue weighted by Crippen LogP contribution is 2.26. The summed E-state index contributed by atoms with van der Waals surface area (Å²) in [7, 11) is 0. The van der Waals surface area contributed by atoms with E-state index in [4.69, 9.17) is 34.2 Å². The number of unbranched alkanes of at least 4 members (excludes halogenated alkanes) is 1. The van der Waals surface area contributed by atoms with Crippen molar-refractivity contribution in [3.05, 3.63) is 143 Å². The van der Waals surface area contributed by atoms with Gasteiger partial charge in [0.05, 0.1) is 24.3 Å². The zero-order chi connectivity index (χ0) is 54.0. The number of hydrogen-bond donors (Lipinski definition) is 5. The predicted octanol–water partition coefficient (Wildman–Crippen LogP) is 6.59. The second-order valence-electron chi connectivity index (χ2n) is 19.2. The van der Waals surface area contributed by atoms with Gasteiger partial charge in [-0.1, -0.05) is 91.0 Å². The minimum atomic E-state index is -0.782. The van der Waals surface area contributed by atoms with Crippen molar-refractivity contribution >= 4 is 53.1 Å². The Morgan fingerprint density at radius 2 is 1.29 bits per heavy atom. The lowest BCUT2D eigenvalue weighted by atomic mass is 10.0. The van der Waals surface area contributed by atoms with Crippen LogP contribution in [0.1, 0.15) is 83.0 Å². The Morgan fingerprint density at radius 1 is 0.671 bits per heavy atom. The molecule has 404 valence electrons. The number of alkyl carbamates (subject to hydrolysis) is 2. The van der Waals surface area contributed by atoms with Crippen LogP contribution in [0.25, 0.3) is 10.9 Å². The van der Waals surface area contributed by atoms with Crippen LogP contribution in [-0.2, 0) is 54.7 Å². The number of fused-ring (bicyclic) bond motifs is 1. The number of aromatic nitrogens is 1. The quantitative estimate of drug-likeness (QED) is 0.0432. The highest BCUT2D eigenvalue weighted by Gasteiger charge is 2.40. The maximum Gasteiger partial charge on any atom is 0.418 e. The second kappa shape index (κ2) is 26.9. The highest BCUT2D eigenvalue weighted by atomic mass is 16.6. The molecule has 3 heterocycles. The fraction of sp³-hybridized carbons (Fsp3) is 0.400. The van der Waals surface area contributed by atoms with Crippen LogP contribution in [0.4, 0.5) is 24.0 Å². The van der Waals surface area contributed by atoms with Gasteiger partial charge in [0.15, 0.2) is 0 Å². The van der Waals surface area contributed by atoms with Crippen molar-refractivity contribution in [1.82, 2.24) is 35.6 Å². The largest absolute Gasteiger partial charge is 0.447 e. The van der Waals surface area contributed by atoms with Crippen LogP contribution in [-0.4, -0.2) is 133 Å². The standard InChI is InChI=1S/C55H66N8O13/c1-55(2,3)76-52(68)60-32-38-18-16-37(17-19-38)31-59-50(66)61-25-27-62(28-26-61)53(69)75-45-22-29-71-46(47(45)72-34-39-12-6-4-7-13-39)36-73-51(67)58-24-11-10-23-57-49(65)43-33-63(44-30-41(48(56)64)20-21-42(43)44)54(70)74-35-40-14-8-5-9-15-40/h4-9,12-21,30,33,45-47H,10-11,22-29,31-32,34-36H2,1-3H3,(H2,56,64)(H,57,65)(H,58,67)(H,59,66)(H,60,68)/t45-,46-,47+/m1/s1. The molecule has 0 saturated carbocycles. The number of carbonyl (C=O) groups is 7. The fourth-order valence-corrected chi connectivity index (χ4v) is 8.38. The number of ether oxygens (including phenoxy) is 6. The van der Waals surface area contributed by atoms with E-state index in [1.54, 1.807) is 36.6 Å². The SMILES string of the molecule is CC(C)(C)OC(=O)NCc1ccc(CNC(=O)N2CCN(C(=O)O[C@@H]3CCO[C@H](COC(=O)NCCCCNC(=O)c4cn(C(=O)OCc5ccccc5)c5cc(C(N)=O)ccc45)[C@H]3OCc3ccccc3)CC2)cc1. The average molecular weight is 1050 g/mol. The summed E-state index contributed by atoms with van der Waals surface area (Å²) < 4.78 is 36.0. The van der Waals surface area contributed by atoms with Crippen molar-refractivity contribution < 1.29 is 62.0 Å². The van der Waals surface area contributed by atoms with Crippen LogP contribution in [0.15, 0.2) is 109 Å². The third-order valence-corrected chi connectivity index (χ3v) is 12.4. The minimum absolute atomic E-state index is 0.000280. The van der Waals surface area contributed by atoms with Gasteiger partial charge in [-0.05, 0) is 68.0 Å². The first-order valence-corrected chi connectivity index (χ1v) is 25.2. The van der Waals surface area contributed by atoms with Crippen LogP contribution in [0, 0.1) is 0 Å². The molecule has 0 aliphatic carbocycles. The Morgan fingerprint density at radius 3 is 1.93 bits per heavy atom. The molecule has 2 aliphatic rings. The number of piperazine rings is 1. The Hall–Kier alpha value is -8.17. The van der Waals surface area contributed by atoms with E-state index in [2.05, 4.69) is 21.3 Å². The summed E-state index contributed by atoms with van der Waals surface area (Å²) >= 11 is 0. The number of carbonyl (C=O) groups excluding carboxylic acids is 7. The van der Waals surface area contributed by atoms with Crippen LogP contribution in [0.5, 0.6) is 0 Å². The number of amides is 7. The number of benzene rings is 4. The summed E-state index contributed by atoms with van der Waals surface area (Å²) in [4.78, 5) is 93.3. The van der Waals surface area contributed by atoms with Crippen LogP contribution in [0.2, 0.25) is 0 Å². The number of rotatable bonds is 19. The average Bonchev–Trinajstić information content (AvgIpc) is 3.81. The van der Waals surface area contributed by atoms with Gasteiger partial charge < -0.3 is 65.2 Å². The molecule has 7 rings (SSSR count). The summed E-state index contributed by atoms with van der Waals surface area (Å²) in [5.41, 5.74) is 8.97. The summed E-state index contributed by atoms with van der Waals surface area (Å²) in [6, 6.07) is 30.3. The first-order valence-electron chi connectivity index (χ1n) is 25.2. The first kappa shape index (κ1) is 55.6. The molecule has 0 radical (unpaired) electrons. The van der Waals surface area contributed by atoms with E-state index in [0.29, 0.717) is 50.8 Å². The molecule has 7 amide bonds. The molecule has 2 fully saturated rings. The Kier molecular flexibility index (Phi) is 19.6. The Bertz CT molecular complexity index is 2780. The molecule has 21 nitrogen and oxygen atoms in total. The summed E-state index contributed by atoms with van der Waals surface area (Å²) in [5.74, 6) is -1.15. The lowest BCUT2D eigenvalue weighted by molar-refractivity contribution is -0.177. The zero-order valence-corrected chi connectivity index (χ0v) is 43.0. The van der Waals surface area contributed by atoms with Gasteiger partial charge in [-0.3, -0.25) is 14.2 Å². The summed E-state index contributed by atoms with van der Waals surface area (Å²) in [6.45, 7) is 7.78. The zero-order valence-electron chi connectivity index (χ0n) is 43.0. The summed E-state index contributed by atoms with van der Waals surface area (Å²) in [6.07, 6.45) is -2.08. The van der Waals surface area contributed by atoms with E-state index in [0.717, 1.165) is 22.3 Å². The predicted molar refractivity (Wildman–Crippen MR) is 278 cm³/mol. The molecule has 21 heteroatoms. The lowest BCUT2D eigenvalue weighted by Gasteiger charge is -2.39. The molecule has 0 spiro atoms. The monoisotopic (exact) mass is 1050 g/mol. The maximum absolute atomic E-state index is 13.6. The van der Waals surface area contributed by atoms with E-state index in [-0.39, 0.29) is 75.3 Å². The van der Waals surface area contributed by atoms with Gasteiger partial charge in [0.2, 0.25) is 5.91 Å². The smallest absolute Gasteiger partial charge is 0.418 e. The molecule has 2 saturated heterocycles. The van der Waals surface area contributed by atoms with Gasteiger partial charge in [-0.15, -0.1) is 0 Å². The van der Waals surface area contributed by atoms with E-state index in [1.165, 1.54) is 22.9 Å². The number of nitrogens with one attached hydrogen (secondary N) is 4. The molecule has 5 aromatic rings. The van der Waals surface area contributed by atoms with Gasteiger partial charge in [-0.25, -0.2) is 24.0 Å². The molecule has 76 heavy (non-hydrogen) atoms. The highest BCUT2D eigenvalue weighted by molar-refractivity contribution is 6.10. The van der Waals surface area contributed by atoms with Crippen molar-refractivity contribution in [1.29, 1.82) is 0 Å². The summed E-state index contributed by atoms with van der Waals surface area (Å²) in [5, 5.41) is 11.7.